The summed E-state index contributed by atoms with van der Waals surface area (Å²) < 4.78 is 64.7. The van der Waals surface area contributed by atoms with Gasteiger partial charge in [0.1, 0.15) is 5.75 Å². The Morgan fingerprint density at radius 2 is 1.09 bits per heavy atom. The van der Waals surface area contributed by atoms with Crippen LogP contribution in [0, 0.1) is 0 Å². The van der Waals surface area contributed by atoms with Gasteiger partial charge in [-0.3, -0.25) is 4.79 Å². The monoisotopic (exact) mass is 842 g/mol. The van der Waals surface area contributed by atoms with E-state index < -0.39 is 19.5 Å². The Labute approximate surface area is 285 Å². The summed E-state index contributed by atoms with van der Waals surface area (Å²) in [6.45, 7) is 0. The molecule has 0 aliphatic carbocycles. The third-order valence-corrected chi connectivity index (χ3v) is 9.93. The van der Waals surface area contributed by atoms with E-state index in [1.807, 2.05) is 42.5 Å². The average Bonchev–Trinajstić information content (AvgIpc) is 2.98. The third kappa shape index (κ3) is 11.7. The molecule has 14 heteroatoms. The van der Waals surface area contributed by atoms with Gasteiger partial charge in [-0.15, -0.1) is 0 Å². The van der Waals surface area contributed by atoms with Gasteiger partial charge in [0.05, 0.1) is 18.0 Å². The quantitative estimate of drug-likeness (QED) is 0.0707. The van der Waals surface area contributed by atoms with Crippen LogP contribution >= 0.6 is 46.6 Å². The first-order chi connectivity index (χ1) is 21.4. The summed E-state index contributed by atoms with van der Waals surface area (Å²) in [6, 6.07) is 37.1. The Morgan fingerprint density at radius 3 is 1.50 bits per heavy atom. The zero-order valence-corrected chi connectivity index (χ0v) is 29.9. The van der Waals surface area contributed by atoms with Gasteiger partial charge in [0.15, 0.2) is 14.7 Å². The Morgan fingerprint density at radius 1 is 0.652 bits per heavy atom. The van der Waals surface area contributed by atoms with Gasteiger partial charge in [-0.2, -0.15) is 0 Å². The summed E-state index contributed by atoms with van der Waals surface area (Å²) in [7, 11) is 1.27. The second-order valence-electron chi connectivity index (χ2n) is 9.46. The number of carbonyl (C=O) groups is 1. The molecular weight excluding hydrogens is 823 g/mol. The van der Waals surface area contributed by atoms with Crippen molar-refractivity contribution in [2.75, 3.05) is 7.11 Å². The summed E-state index contributed by atoms with van der Waals surface area (Å²) in [5.74, 6) is 0.711. The van der Waals surface area contributed by atoms with Gasteiger partial charge in [0, 0.05) is 31.1 Å². The molecule has 5 rings (SSSR count). The predicted octanol–water partition coefficient (Wildman–Crippen LogP) is 12.5. The second kappa shape index (κ2) is 13.9. The number of benzene rings is 5. The zero-order valence-electron chi connectivity index (χ0n) is 23.5. The Balaban J connectivity index is 0.000000617. The minimum atomic E-state index is -11.2. The van der Waals surface area contributed by atoms with Crippen molar-refractivity contribution in [3.05, 3.63) is 136 Å². The standard InChI is InChI=1S/C32H22Cl3O2S2.6FH.Sb/c1-37-25-10-2-22(3-11-25)32(36)38-26-12-19-30(31(35)20-26)21-4-13-27(14-5-21)39(28-15-6-23(33)7-16-28)29-17-8-24(34)9-18-29;;;;;;;/h2-20H,1H3;6*1H;/q+1;;;;;;;+5/p-6. The first kappa shape index (κ1) is 36.4. The van der Waals surface area contributed by atoms with Crippen LogP contribution in [0.4, 0.5) is 16.9 Å². The molecule has 0 saturated carbocycles. The van der Waals surface area contributed by atoms with Crippen molar-refractivity contribution in [1.29, 1.82) is 0 Å². The van der Waals surface area contributed by atoms with Gasteiger partial charge in [0.25, 0.3) is 0 Å². The molecule has 0 amide bonds. The Hall–Kier alpha value is -2.46. The van der Waals surface area contributed by atoms with E-state index in [0.717, 1.165) is 42.5 Å². The number of methoxy groups -OCH3 is 1. The van der Waals surface area contributed by atoms with Crippen LogP contribution in [0.3, 0.4) is 0 Å². The molecule has 5 aromatic carbocycles. The van der Waals surface area contributed by atoms with Crippen LogP contribution in [-0.4, -0.2) is 31.7 Å². The fourth-order valence-electron chi connectivity index (χ4n) is 4.01. The van der Waals surface area contributed by atoms with E-state index in [4.69, 9.17) is 39.5 Å². The van der Waals surface area contributed by atoms with Crippen LogP contribution in [0.5, 0.6) is 5.75 Å². The van der Waals surface area contributed by atoms with Crippen LogP contribution in [0.25, 0.3) is 11.1 Å². The van der Waals surface area contributed by atoms with Gasteiger partial charge in [-0.25, -0.2) is 0 Å². The van der Waals surface area contributed by atoms with Gasteiger partial charge in [-0.1, -0.05) is 40.9 Å². The molecule has 0 fully saturated rings. The van der Waals surface area contributed by atoms with Crippen LogP contribution in [-0.2, 0) is 10.9 Å². The molecule has 46 heavy (non-hydrogen) atoms. The number of thioether (sulfide) groups is 1. The van der Waals surface area contributed by atoms with Crippen molar-refractivity contribution in [3.63, 3.8) is 0 Å². The number of ether oxygens (including phenoxy) is 1. The molecule has 0 saturated heterocycles. The van der Waals surface area contributed by atoms with Gasteiger partial charge in [0.2, 0.25) is 5.12 Å². The van der Waals surface area contributed by atoms with Crippen LogP contribution in [0.2, 0.25) is 15.1 Å². The van der Waals surface area contributed by atoms with E-state index >= 15 is 0 Å². The Kier molecular flexibility index (Phi) is 11.0. The molecular formula is C32H22Cl3F6O2S2Sb. The molecule has 5 aromatic rings. The number of hydrogen-bond acceptors (Lipinski definition) is 3. The van der Waals surface area contributed by atoms with Crippen molar-refractivity contribution in [2.45, 2.75) is 19.6 Å². The summed E-state index contributed by atoms with van der Waals surface area (Å²) in [6.07, 6.45) is 0. The van der Waals surface area contributed by atoms with Crippen molar-refractivity contribution in [1.82, 2.24) is 0 Å². The molecule has 0 spiro atoms. The maximum absolute atomic E-state index is 12.7. The first-order valence-electron chi connectivity index (χ1n) is 12.9. The molecule has 242 valence electrons. The van der Waals surface area contributed by atoms with Gasteiger partial charge in [-0.05, 0) is 127 Å². The van der Waals surface area contributed by atoms with E-state index in [1.54, 1.807) is 31.4 Å². The van der Waals surface area contributed by atoms with E-state index in [0.29, 0.717) is 26.4 Å². The minimum absolute atomic E-state index is 0.0535. The van der Waals surface area contributed by atoms with Crippen LogP contribution < -0.4 is 4.74 Å². The van der Waals surface area contributed by atoms with E-state index in [2.05, 4.69) is 48.5 Å². The molecule has 0 aliphatic rings. The number of halogens is 9. The third-order valence-electron chi connectivity index (χ3n) is 5.98. The number of rotatable bonds is 7. The Bertz CT molecular complexity index is 1770. The molecule has 0 radical (unpaired) electrons. The molecule has 2 nitrogen and oxygen atoms in total. The normalized spacial score (nSPS) is 12.8. The van der Waals surface area contributed by atoms with E-state index in [1.165, 1.54) is 0 Å². The van der Waals surface area contributed by atoms with Gasteiger partial charge >= 0.3 is 36.4 Å². The molecule has 0 aliphatic heterocycles. The van der Waals surface area contributed by atoms with Crippen molar-refractivity contribution in [3.8, 4) is 16.9 Å². The molecule has 0 bridgehead atoms. The fourth-order valence-corrected chi connectivity index (χ4v) is 7.44. The average molecular weight is 845 g/mol. The fraction of sp³-hybridized carbons (Fsp3) is 0.0312. The van der Waals surface area contributed by atoms with Crippen LogP contribution in [0.15, 0.2) is 135 Å². The van der Waals surface area contributed by atoms with Crippen LogP contribution in [0.1, 0.15) is 10.4 Å². The molecule has 0 atom stereocenters. The second-order valence-corrected chi connectivity index (χ2v) is 19.3. The SMILES string of the molecule is COc1ccc(C(=O)Sc2ccc(-c3ccc([S+](c4ccc(Cl)cc4)c4ccc(Cl)cc4)cc3)c(Cl)c2)cc1.[F][Sb-]([F])([F])([F])([F])[F]. The summed E-state index contributed by atoms with van der Waals surface area (Å²) in [5.41, 5.74) is 2.51. The molecule has 0 heterocycles. The van der Waals surface area contributed by atoms with Crippen molar-refractivity contribution in [2.24, 2.45) is 0 Å². The van der Waals surface area contributed by atoms with Crippen molar-refractivity contribution >= 4 is 82.1 Å². The molecule has 0 aromatic heterocycles. The first-order valence-corrected chi connectivity index (χ1v) is 21.9. The predicted molar refractivity (Wildman–Crippen MR) is 178 cm³/mol. The summed E-state index contributed by atoms with van der Waals surface area (Å²) >= 11 is 8.92. The maximum atomic E-state index is 12.7. The van der Waals surface area contributed by atoms with Crippen molar-refractivity contribution < 1.29 is 26.4 Å². The van der Waals surface area contributed by atoms with E-state index in [9.17, 15) is 21.7 Å². The van der Waals surface area contributed by atoms with E-state index in [-0.39, 0.29) is 16.0 Å². The zero-order chi connectivity index (χ0) is 33.8. The summed E-state index contributed by atoms with van der Waals surface area (Å²) in [4.78, 5) is 17.0. The molecule has 0 N–H and O–H groups in total. The number of carbonyl (C=O) groups excluding carboxylic acids is 1. The molecule has 0 unspecified atom stereocenters. The van der Waals surface area contributed by atoms with Gasteiger partial charge < -0.3 is 4.74 Å². The number of hydrogen-bond donors (Lipinski definition) is 0. The topological polar surface area (TPSA) is 26.3 Å². The summed E-state index contributed by atoms with van der Waals surface area (Å²) in [5, 5.41) is 1.94.